The molecule has 2 aromatic carbocycles. The van der Waals surface area contributed by atoms with Crippen LogP contribution in [0.25, 0.3) is 11.5 Å². The minimum Gasteiger partial charge on any atom is -0.490 e. The Balaban J connectivity index is 1.62. The third-order valence-electron chi connectivity index (χ3n) is 3.79. The van der Waals surface area contributed by atoms with Gasteiger partial charge in [0, 0.05) is 18.5 Å². The topological polar surface area (TPSA) is 67.5 Å². The van der Waals surface area contributed by atoms with Gasteiger partial charge in [0.2, 0.25) is 5.89 Å². The number of halogens is 1. The van der Waals surface area contributed by atoms with E-state index in [0.717, 1.165) is 17.0 Å². The van der Waals surface area contributed by atoms with Crippen LogP contribution in [0.3, 0.4) is 0 Å². The van der Waals surface area contributed by atoms with Gasteiger partial charge < -0.3 is 14.4 Å². The molecule has 0 spiro atoms. The number of oxazole rings is 1. The lowest BCUT2D eigenvalue weighted by atomic mass is 10.2. The molecular formula is C19H19FN2O3. The Morgan fingerprint density at radius 2 is 2.00 bits per heavy atom. The Labute approximate surface area is 145 Å². The van der Waals surface area contributed by atoms with Crippen molar-refractivity contribution in [2.45, 2.75) is 19.9 Å². The van der Waals surface area contributed by atoms with Gasteiger partial charge in [0.15, 0.2) is 11.6 Å². The van der Waals surface area contributed by atoms with Gasteiger partial charge in [-0.25, -0.2) is 14.9 Å². The van der Waals surface area contributed by atoms with Crippen LogP contribution in [0.2, 0.25) is 0 Å². The summed E-state index contributed by atoms with van der Waals surface area (Å²) in [6.45, 7) is 2.32. The van der Waals surface area contributed by atoms with Crippen LogP contribution >= 0.6 is 0 Å². The van der Waals surface area contributed by atoms with Crippen LogP contribution in [0.1, 0.15) is 17.0 Å². The molecule has 6 heteroatoms. The van der Waals surface area contributed by atoms with Crippen LogP contribution in [0.4, 0.5) is 4.39 Å². The van der Waals surface area contributed by atoms with Crippen LogP contribution in [-0.2, 0) is 13.0 Å². The van der Waals surface area contributed by atoms with E-state index in [1.54, 1.807) is 12.1 Å². The molecule has 0 saturated heterocycles. The number of hydrogen-bond donors (Lipinski definition) is 2. The zero-order chi connectivity index (χ0) is 17.6. The maximum absolute atomic E-state index is 13.9. The molecule has 0 aliphatic carbocycles. The molecule has 1 heterocycles. The largest absolute Gasteiger partial charge is 0.490 e. The number of rotatable bonds is 7. The van der Waals surface area contributed by atoms with Crippen molar-refractivity contribution in [3.63, 3.8) is 0 Å². The summed E-state index contributed by atoms with van der Waals surface area (Å²) in [5.74, 6) is 1.01. The van der Waals surface area contributed by atoms with Crippen LogP contribution in [0.5, 0.6) is 5.75 Å². The second-order valence-electron chi connectivity index (χ2n) is 5.59. The Kier molecular flexibility index (Phi) is 5.42. The second kappa shape index (κ2) is 7.92. The lowest BCUT2D eigenvalue weighted by Gasteiger charge is -2.08. The van der Waals surface area contributed by atoms with Gasteiger partial charge in [-0.3, -0.25) is 0 Å². The van der Waals surface area contributed by atoms with Gasteiger partial charge in [-0.2, -0.15) is 0 Å². The summed E-state index contributed by atoms with van der Waals surface area (Å²) in [5.41, 5.74) is 4.33. The SMILES string of the molecule is Cc1oc(-c2ccccc2)nc1CCOc1ccc(CNO)cc1F. The Bertz CT molecular complexity index is 834. The maximum Gasteiger partial charge on any atom is 0.226 e. The number of ether oxygens (including phenoxy) is 1. The average Bonchev–Trinajstić information content (AvgIpc) is 2.99. The van der Waals surface area contributed by atoms with Gasteiger partial charge in [-0.15, -0.1) is 0 Å². The fourth-order valence-corrected chi connectivity index (χ4v) is 2.48. The maximum atomic E-state index is 13.9. The van der Waals surface area contributed by atoms with E-state index in [4.69, 9.17) is 14.4 Å². The predicted molar refractivity (Wildman–Crippen MR) is 90.9 cm³/mol. The summed E-state index contributed by atoms with van der Waals surface area (Å²) >= 11 is 0. The van der Waals surface area contributed by atoms with E-state index in [0.29, 0.717) is 17.9 Å². The van der Waals surface area contributed by atoms with Crippen molar-refractivity contribution in [1.82, 2.24) is 10.5 Å². The summed E-state index contributed by atoms with van der Waals surface area (Å²) in [6, 6.07) is 14.2. The number of nitrogens with zero attached hydrogens (tertiary/aromatic N) is 1. The fourth-order valence-electron chi connectivity index (χ4n) is 2.48. The molecule has 2 N–H and O–H groups in total. The molecule has 0 bridgehead atoms. The lowest BCUT2D eigenvalue weighted by molar-refractivity contribution is 0.161. The van der Waals surface area contributed by atoms with Crippen LogP contribution in [0.15, 0.2) is 52.9 Å². The third-order valence-corrected chi connectivity index (χ3v) is 3.79. The summed E-state index contributed by atoms with van der Waals surface area (Å²) in [4.78, 5) is 4.50. The molecule has 0 amide bonds. The van der Waals surface area contributed by atoms with E-state index >= 15 is 0 Å². The number of hydrogen-bond acceptors (Lipinski definition) is 5. The van der Waals surface area contributed by atoms with Crippen molar-refractivity contribution in [2.75, 3.05) is 6.61 Å². The fraction of sp³-hybridized carbons (Fsp3) is 0.211. The average molecular weight is 342 g/mol. The normalized spacial score (nSPS) is 10.8. The number of hydroxylamine groups is 1. The smallest absolute Gasteiger partial charge is 0.226 e. The number of nitrogens with one attached hydrogen (secondary N) is 1. The highest BCUT2D eigenvalue weighted by molar-refractivity contribution is 5.53. The summed E-state index contributed by atoms with van der Waals surface area (Å²) in [5, 5.41) is 8.64. The first-order chi connectivity index (χ1) is 12.2. The van der Waals surface area contributed by atoms with Gasteiger partial charge >= 0.3 is 0 Å². The van der Waals surface area contributed by atoms with Gasteiger partial charge in [-0.1, -0.05) is 24.3 Å². The van der Waals surface area contributed by atoms with Crippen molar-refractivity contribution >= 4 is 0 Å². The highest BCUT2D eigenvalue weighted by Crippen LogP contribution is 2.22. The summed E-state index contributed by atoms with van der Waals surface area (Å²) < 4.78 is 25.1. The second-order valence-corrected chi connectivity index (χ2v) is 5.59. The zero-order valence-corrected chi connectivity index (χ0v) is 13.8. The van der Waals surface area contributed by atoms with E-state index in [-0.39, 0.29) is 18.9 Å². The van der Waals surface area contributed by atoms with Crippen molar-refractivity contribution in [1.29, 1.82) is 0 Å². The molecule has 3 aromatic rings. The standard InChI is InChI=1S/C19H19FN2O3/c1-13-17(22-19(25-13)15-5-3-2-4-6-15)9-10-24-18-8-7-14(12-21-23)11-16(18)20/h2-8,11,21,23H,9-10,12H2,1H3. The molecule has 5 nitrogen and oxygen atoms in total. The molecule has 0 aliphatic rings. The Hall–Kier alpha value is -2.70. The van der Waals surface area contributed by atoms with Crippen LogP contribution in [-0.4, -0.2) is 16.8 Å². The lowest BCUT2D eigenvalue weighted by Crippen LogP contribution is -2.07. The molecule has 1 aromatic heterocycles. The van der Waals surface area contributed by atoms with E-state index in [2.05, 4.69) is 4.98 Å². The van der Waals surface area contributed by atoms with Crippen molar-refractivity contribution < 1.29 is 18.8 Å². The first-order valence-electron chi connectivity index (χ1n) is 7.97. The van der Waals surface area contributed by atoms with E-state index in [1.807, 2.05) is 42.7 Å². The molecule has 0 fully saturated rings. The number of aryl methyl sites for hydroxylation is 1. The molecule has 0 saturated carbocycles. The minimum absolute atomic E-state index is 0.172. The quantitative estimate of drug-likeness (QED) is 0.638. The van der Waals surface area contributed by atoms with Crippen LogP contribution in [0, 0.1) is 12.7 Å². The highest BCUT2D eigenvalue weighted by Gasteiger charge is 2.12. The van der Waals surface area contributed by atoms with Gasteiger partial charge in [0.1, 0.15) is 5.76 Å². The van der Waals surface area contributed by atoms with E-state index < -0.39 is 5.82 Å². The molecule has 3 rings (SSSR count). The molecule has 0 unspecified atom stereocenters. The predicted octanol–water partition coefficient (Wildman–Crippen LogP) is 3.89. The molecule has 130 valence electrons. The number of benzene rings is 2. The number of aromatic nitrogens is 1. The van der Waals surface area contributed by atoms with Gasteiger partial charge in [-0.05, 0) is 36.8 Å². The molecular weight excluding hydrogens is 323 g/mol. The molecule has 25 heavy (non-hydrogen) atoms. The summed E-state index contributed by atoms with van der Waals surface area (Å²) in [7, 11) is 0. The Morgan fingerprint density at radius 3 is 2.72 bits per heavy atom. The molecule has 0 atom stereocenters. The monoisotopic (exact) mass is 342 g/mol. The van der Waals surface area contributed by atoms with Crippen molar-refractivity contribution in [2.24, 2.45) is 0 Å². The first-order valence-corrected chi connectivity index (χ1v) is 7.97. The molecule has 0 radical (unpaired) electrons. The Morgan fingerprint density at radius 1 is 1.20 bits per heavy atom. The first kappa shape index (κ1) is 17.1. The van der Waals surface area contributed by atoms with Crippen LogP contribution < -0.4 is 10.2 Å². The van der Waals surface area contributed by atoms with E-state index in [1.165, 1.54) is 6.07 Å². The van der Waals surface area contributed by atoms with Gasteiger partial charge in [0.05, 0.1) is 12.3 Å². The third kappa shape index (κ3) is 4.23. The van der Waals surface area contributed by atoms with E-state index in [9.17, 15) is 4.39 Å². The highest BCUT2D eigenvalue weighted by atomic mass is 19.1. The van der Waals surface area contributed by atoms with Gasteiger partial charge in [0.25, 0.3) is 0 Å². The molecule has 0 aliphatic heterocycles. The van der Waals surface area contributed by atoms with Crippen molar-refractivity contribution in [3.05, 3.63) is 71.4 Å². The van der Waals surface area contributed by atoms with Crippen molar-refractivity contribution in [3.8, 4) is 17.2 Å². The summed E-state index contributed by atoms with van der Waals surface area (Å²) in [6.07, 6.45) is 0.515. The minimum atomic E-state index is -0.463. The zero-order valence-electron chi connectivity index (χ0n) is 13.8.